The molecule has 0 unspecified atom stereocenters. The number of aromatic nitrogens is 1. The standard InChI is InChI=1S/C21H33NO2/c1-3-21(23)24-18-13-11-9-7-5-4-6-8-10-12-16-20-19(2)15-14-17-22-20/h3,14-15,17H,1,4-13,16,18H2,2H3. The first-order valence-corrected chi connectivity index (χ1v) is 9.43. The number of rotatable bonds is 14. The average Bonchev–Trinajstić information content (AvgIpc) is 2.60. The summed E-state index contributed by atoms with van der Waals surface area (Å²) in [5.74, 6) is -0.312. The zero-order chi connectivity index (χ0) is 17.5. The van der Waals surface area contributed by atoms with E-state index >= 15 is 0 Å². The third-order valence-corrected chi connectivity index (χ3v) is 4.34. The Hall–Kier alpha value is -1.64. The van der Waals surface area contributed by atoms with Crippen LogP contribution in [0, 0.1) is 6.92 Å². The smallest absolute Gasteiger partial charge is 0.330 e. The molecule has 0 saturated carbocycles. The monoisotopic (exact) mass is 331 g/mol. The van der Waals surface area contributed by atoms with Crippen LogP contribution in [-0.2, 0) is 16.0 Å². The Bertz CT molecular complexity index is 471. The molecule has 3 nitrogen and oxygen atoms in total. The van der Waals surface area contributed by atoms with Gasteiger partial charge in [0.05, 0.1) is 6.61 Å². The molecule has 0 N–H and O–H groups in total. The first-order chi connectivity index (χ1) is 11.7. The summed E-state index contributed by atoms with van der Waals surface area (Å²) in [7, 11) is 0. The summed E-state index contributed by atoms with van der Waals surface area (Å²) in [5, 5.41) is 0. The third-order valence-electron chi connectivity index (χ3n) is 4.34. The molecule has 1 heterocycles. The largest absolute Gasteiger partial charge is 0.463 e. The number of pyridine rings is 1. The second-order valence-electron chi connectivity index (χ2n) is 6.42. The topological polar surface area (TPSA) is 39.2 Å². The summed E-state index contributed by atoms with van der Waals surface area (Å²) in [6, 6.07) is 4.15. The molecule has 3 heteroatoms. The number of hydrogen-bond acceptors (Lipinski definition) is 3. The van der Waals surface area contributed by atoms with Crippen molar-refractivity contribution >= 4 is 5.97 Å². The van der Waals surface area contributed by atoms with E-state index in [9.17, 15) is 4.79 Å². The van der Waals surface area contributed by atoms with Crippen molar-refractivity contribution in [3.8, 4) is 0 Å². The highest BCUT2D eigenvalue weighted by Crippen LogP contribution is 2.13. The molecule has 1 rings (SSSR count). The lowest BCUT2D eigenvalue weighted by Crippen LogP contribution is -2.01. The van der Waals surface area contributed by atoms with Gasteiger partial charge in [-0.15, -0.1) is 0 Å². The van der Waals surface area contributed by atoms with Crippen molar-refractivity contribution in [3.63, 3.8) is 0 Å². The van der Waals surface area contributed by atoms with Gasteiger partial charge in [0.1, 0.15) is 0 Å². The van der Waals surface area contributed by atoms with E-state index in [1.165, 1.54) is 68.7 Å². The van der Waals surface area contributed by atoms with Crippen molar-refractivity contribution in [1.29, 1.82) is 0 Å². The number of carbonyl (C=O) groups is 1. The predicted octanol–water partition coefficient (Wildman–Crippen LogP) is 5.56. The molecule has 1 aromatic heterocycles. The normalized spacial score (nSPS) is 10.5. The van der Waals surface area contributed by atoms with Crippen molar-refractivity contribution < 1.29 is 9.53 Å². The molecule has 0 aliphatic heterocycles. The van der Waals surface area contributed by atoms with E-state index in [0.717, 1.165) is 19.3 Å². The van der Waals surface area contributed by atoms with Gasteiger partial charge in [0, 0.05) is 18.0 Å². The molecule has 1 aromatic rings. The summed E-state index contributed by atoms with van der Waals surface area (Å²) in [5.41, 5.74) is 2.58. The van der Waals surface area contributed by atoms with Gasteiger partial charge in [0.15, 0.2) is 0 Å². The molecule has 0 radical (unpaired) electrons. The van der Waals surface area contributed by atoms with Crippen LogP contribution in [0.5, 0.6) is 0 Å². The van der Waals surface area contributed by atoms with E-state index in [1.807, 2.05) is 12.3 Å². The lowest BCUT2D eigenvalue weighted by molar-refractivity contribution is -0.137. The summed E-state index contributed by atoms with van der Waals surface area (Å²) in [4.78, 5) is 15.3. The Morgan fingerprint density at radius 3 is 2.21 bits per heavy atom. The summed E-state index contributed by atoms with van der Waals surface area (Å²) in [6.07, 6.45) is 16.8. The number of unbranched alkanes of at least 4 members (excludes halogenated alkanes) is 9. The van der Waals surface area contributed by atoms with Crippen LogP contribution in [0.3, 0.4) is 0 Å². The van der Waals surface area contributed by atoms with E-state index in [1.54, 1.807) is 0 Å². The van der Waals surface area contributed by atoms with E-state index in [-0.39, 0.29) is 5.97 Å². The maximum Gasteiger partial charge on any atom is 0.330 e. The minimum Gasteiger partial charge on any atom is -0.463 e. The molecule has 0 amide bonds. The van der Waals surface area contributed by atoms with Gasteiger partial charge >= 0.3 is 5.97 Å². The van der Waals surface area contributed by atoms with Gasteiger partial charge in [-0.1, -0.05) is 64.0 Å². The Balaban J connectivity index is 1.82. The molecular weight excluding hydrogens is 298 g/mol. The van der Waals surface area contributed by atoms with Crippen molar-refractivity contribution in [2.75, 3.05) is 6.61 Å². The number of ether oxygens (including phenoxy) is 1. The summed E-state index contributed by atoms with van der Waals surface area (Å²) < 4.78 is 4.95. The molecular formula is C21H33NO2. The Labute approximate surface area is 147 Å². The Kier molecular flexibility index (Phi) is 11.7. The minimum atomic E-state index is -0.312. The van der Waals surface area contributed by atoms with Gasteiger partial charge in [-0.3, -0.25) is 4.98 Å². The summed E-state index contributed by atoms with van der Waals surface area (Å²) in [6.45, 7) is 6.05. The van der Waals surface area contributed by atoms with Gasteiger partial charge in [0.2, 0.25) is 0 Å². The van der Waals surface area contributed by atoms with Gasteiger partial charge in [-0.25, -0.2) is 4.79 Å². The molecule has 0 atom stereocenters. The predicted molar refractivity (Wildman–Crippen MR) is 100 cm³/mol. The maximum atomic E-state index is 10.8. The molecule has 0 spiro atoms. The molecule has 0 aromatic carbocycles. The lowest BCUT2D eigenvalue weighted by Gasteiger charge is -2.05. The fourth-order valence-electron chi connectivity index (χ4n) is 2.82. The van der Waals surface area contributed by atoms with E-state index in [0.29, 0.717) is 6.61 Å². The quantitative estimate of drug-likeness (QED) is 0.254. The first-order valence-electron chi connectivity index (χ1n) is 9.43. The van der Waals surface area contributed by atoms with Crippen LogP contribution in [0.15, 0.2) is 31.0 Å². The molecule has 134 valence electrons. The molecule has 0 bridgehead atoms. The fraction of sp³-hybridized carbons (Fsp3) is 0.619. The Morgan fingerprint density at radius 2 is 1.62 bits per heavy atom. The summed E-state index contributed by atoms with van der Waals surface area (Å²) >= 11 is 0. The second kappa shape index (κ2) is 13.8. The lowest BCUT2D eigenvalue weighted by atomic mass is 10.0. The molecule has 0 aliphatic carbocycles. The van der Waals surface area contributed by atoms with Crippen molar-refractivity contribution in [2.45, 2.75) is 77.6 Å². The van der Waals surface area contributed by atoms with Crippen LogP contribution in [-0.4, -0.2) is 17.6 Å². The SMILES string of the molecule is C=CC(=O)OCCCCCCCCCCCCc1ncccc1C. The van der Waals surface area contributed by atoms with Gasteiger partial charge in [-0.2, -0.15) is 0 Å². The number of esters is 1. The van der Waals surface area contributed by atoms with E-state index in [4.69, 9.17) is 4.74 Å². The van der Waals surface area contributed by atoms with Crippen LogP contribution in [0.4, 0.5) is 0 Å². The van der Waals surface area contributed by atoms with Gasteiger partial charge in [-0.05, 0) is 37.8 Å². The van der Waals surface area contributed by atoms with Crippen LogP contribution >= 0.6 is 0 Å². The van der Waals surface area contributed by atoms with Crippen LogP contribution < -0.4 is 0 Å². The van der Waals surface area contributed by atoms with Crippen molar-refractivity contribution in [1.82, 2.24) is 4.98 Å². The number of aryl methyl sites for hydroxylation is 2. The van der Waals surface area contributed by atoms with Crippen LogP contribution in [0.2, 0.25) is 0 Å². The molecule has 0 saturated heterocycles. The van der Waals surface area contributed by atoms with Crippen LogP contribution in [0.25, 0.3) is 0 Å². The molecule has 0 fully saturated rings. The zero-order valence-electron chi connectivity index (χ0n) is 15.3. The fourth-order valence-corrected chi connectivity index (χ4v) is 2.82. The van der Waals surface area contributed by atoms with E-state index in [2.05, 4.69) is 24.6 Å². The number of carbonyl (C=O) groups excluding carboxylic acids is 1. The van der Waals surface area contributed by atoms with Gasteiger partial charge in [0.25, 0.3) is 0 Å². The highest BCUT2D eigenvalue weighted by atomic mass is 16.5. The molecule has 0 aliphatic rings. The Morgan fingerprint density at radius 1 is 1.04 bits per heavy atom. The highest BCUT2D eigenvalue weighted by Gasteiger charge is 1.99. The zero-order valence-corrected chi connectivity index (χ0v) is 15.3. The third kappa shape index (κ3) is 10.2. The number of hydrogen-bond donors (Lipinski definition) is 0. The van der Waals surface area contributed by atoms with Gasteiger partial charge < -0.3 is 4.74 Å². The number of nitrogens with zero attached hydrogens (tertiary/aromatic N) is 1. The van der Waals surface area contributed by atoms with E-state index < -0.39 is 0 Å². The van der Waals surface area contributed by atoms with Crippen LogP contribution in [0.1, 0.15) is 75.5 Å². The first kappa shape index (κ1) is 20.4. The highest BCUT2D eigenvalue weighted by molar-refractivity contribution is 5.81. The minimum absolute atomic E-state index is 0.312. The molecule has 24 heavy (non-hydrogen) atoms. The average molecular weight is 331 g/mol. The van der Waals surface area contributed by atoms with Crippen molar-refractivity contribution in [2.24, 2.45) is 0 Å². The van der Waals surface area contributed by atoms with Crippen molar-refractivity contribution in [3.05, 3.63) is 42.2 Å². The second-order valence-corrected chi connectivity index (χ2v) is 6.42. The maximum absolute atomic E-state index is 10.8.